The van der Waals surface area contributed by atoms with Crippen molar-refractivity contribution in [2.24, 2.45) is 5.41 Å². The average Bonchev–Trinajstić information content (AvgIpc) is 2.90. The first-order valence-corrected chi connectivity index (χ1v) is 12.9. The molecule has 38 heavy (non-hydrogen) atoms. The summed E-state index contributed by atoms with van der Waals surface area (Å²) in [7, 11) is 0. The van der Waals surface area contributed by atoms with E-state index in [1.54, 1.807) is 37.3 Å². The fraction of sp³-hybridized carbons (Fsp3) is 0.281. The summed E-state index contributed by atoms with van der Waals surface area (Å²) >= 11 is 0. The number of carbonyl (C=O) groups is 2. The van der Waals surface area contributed by atoms with Crippen LogP contribution in [0.1, 0.15) is 53.2 Å². The Morgan fingerprint density at radius 3 is 1.89 bits per heavy atom. The first kappa shape index (κ1) is 28.5. The van der Waals surface area contributed by atoms with Crippen molar-refractivity contribution in [3.05, 3.63) is 108 Å². The highest BCUT2D eigenvalue weighted by atomic mass is 16.5. The monoisotopic (exact) mass is 513 g/mol. The second kappa shape index (κ2) is 14.0. The Bertz CT molecular complexity index is 1150. The van der Waals surface area contributed by atoms with Gasteiger partial charge in [-0.15, -0.1) is 0 Å². The van der Waals surface area contributed by atoms with Gasteiger partial charge in [-0.2, -0.15) is 0 Å². The molecule has 0 saturated heterocycles. The predicted molar refractivity (Wildman–Crippen MR) is 153 cm³/mol. The third-order valence-electron chi connectivity index (χ3n) is 6.30. The predicted octanol–water partition coefficient (Wildman–Crippen LogP) is 6.06. The zero-order valence-corrected chi connectivity index (χ0v) is 22.0. The third kappa shape index (κ3) is 9.43. The maximum Gasteiger partial charge on any atom is 0.338 e. The van der Waals surface area contributed by atoms with Crippen LogP contribution in [0.2, 0.25) is 0 Å². The molecule has 0 heterocycles. The molecule has 0 aliphatic carbocycles. The summed E-state index contributed by atoms with van der Waals surface area (Å²) in [5, 5.41) is 0. The van der Waals surface area contributed by atoms with Gasteiger partial charge in [0.25, 0.3) is 0 Å². The van der Waals surface area contributed by atoms with E-state index in [4.69, 9.17) is 20.9 Å². The van der Waals surface area contributed by atoms with Crippen LogP contribution in [0.15, 0.2) is 78.9 Å². The molecule has 0 spiro atoms. The summed E-state index contributed by atoms with van der Waals surface area (Å²) < 4.78 is 10.4. The van der Waals surface area contributed by atoms with Crippen LogP contribution < -0.4 is 11.5 Å². The van der Waals surface area contributed by atoms with Crippen LogP contribution in [0.4, 0.5) is 11.4 Å². The van der Waals surface area contributed by atoms with Crippen LogP contribution in [0.5, 0.6) is 0 Å². The molecule has 3 rings (SSSR count). The molecule has 0 bridgehead atoms. The van der Waals surface area contributed by atoms with E-state index < -0.39 is 5.97 Å². The number of hydrogen-bond acceptors (Lipinski definition) is 6. The topological polar surface area (TPSA) is 105 Å². The first-order valence-electron chi connectivity index (χ1n) is 12.9. The van der Waals surface area contributed by atoms with E-state index in [-0.39, 0.29) is 11.4 Å². The minimum absolute atomic E-state index is 0.219. The molecule has 4 N–H and O–H groups in total. The number of rotatable bonds is 13. The van der Waals surface area contributed by atoms with E-state index in [1.165, 1.54) is 17.2 Å². The molecular formula is C32H37N2O4. The molecule has 0 atom stereocenters. The summed E-state index contributed by atoms with van der Waals surface area (Å²) in [5.41, 5.74) is 16.6. The third-order valence-corrected chi connectivity index (χ3v) is 6.30. The van der Waals surface area contributed by atoms with Gasteiger partial charge in [-0.05, 0) is 111 Å². The standard InChI is InChI=1S/C32H37N2O4/c1-3-37-30(35)19-12-24-6-13-27(14-7-24)31(36)38-21-5-4-20-32(2,22-25-8-15-28(33)16-9-25)23-26-10-17-29(34)18-11-26/h6-19H,2-5,20-23,33-34H2,1H3/b19-12+. The molecule has 0 amide bonds. The Morgan fingerprint density at radius 2 is 1.37 bits per heavy atom. The van der Waals surface area contributed by atoms with Gasteiger partial charge in [-0.3, -0.25) is 0 Å². The maximum atomic E-state index is 12.5. The Kier molecular flexibility index (Phi) is 10.5. The minimum Gasteiger partial charge on any atom is -0.463 e. The maximum absolute atomic E-state index is 12.5. The fourth-order valence-corrected chi connectivity index (χ4v) is 4.31. The normalized spacial score (nSPS) is 11.4. The van der Waals surface area contributed by atoms with E-state index >= 15 is 0 Å². The molecule has 0 aromatic heterocycles. The van der Waals surface area contributed by atoms with Gasteiger partial charge in [0.1, 0.15) is 0 Å². The Hall–Kier alpha value is -4.06. The lowest BCUT2D eigenvalue weighted by molar-refractivity contribution is -0.137. The van der Waals surface area contributed by atoms with Crippen molar-refractivity contribution in [3.63, 3.8) is 0 Å². The van der Waals surface area contributed by atoms with Crippen LogP contribution in [-0.2, 0) is 27.1 Å². The highest BCUT2D eigenvalue weighted by Crippen LogP contribution is 2.33. The number of anilines is 2. The Balaban J connectivity index is 1.51. The summed E-state index contributed by atoms with van der Waals surface area (Å²) in [4.78, 5) is 23.9. The molecule has 6 heteroatoms. The van der Waals surface area contributed by atoms with Crippen molar-refractivity contribution < 1.29 is 19.1 Å². The SMILES string of the molecule is [CH2]C(CCCCOC(=O)c1ccc(/C=C/C(=O)OCC)cc1)(Cc1ccc(N)cc1)Cc1ccc(N)cc1. The molecular weight excluding hydrogens is 476 g/mol. The van der Waals surface area contributed by atoms with Gasteiger partial charge in [0, 0.05) is 17.5 Å². The van der Waals surface area contributed by atoms with Gasteiger partial charge in [0.05, 0.1) is 18.8 Å². The summed E-state index contributed by atoms with van der Waals surface area (Å²) in [5.74, 6) is -0.764. The second-order valence-electron chi connectivity index (χ2n) is 9.64. The number of nitrogen functional groups attached to an aromatic ring is 2. The zero-order chi connectivity index (χ0) is 27.4. The van der Waals surface area contributed by atoms with E-state index in [0.29, 0.717) is 18.8 Å². The molecule has 0 aliphatic heterocycles. The van der Waals surface area contributed by atoms with Gasteiger partial charge < -0.3 is 20.9 Å². The summed E-state index contributed by atoms with van der Waals surface area (Å²) in [6.07, 6.45) is 7.13. The van der Waals surface area contributed by atoms with E-state index in [1.807, 2.05) is 24.3 Å². The molecule has 3 aromatic rings. The first-order chi connectivity index (χ1) is 18.3. The fourth-order valence-electron chi connectivity index (χ4n) is 4.31. The molecule has 6 nitrogen and oxygen atoms in total. The van der Waals surface area contributed by atoms with Crippen molar-refractivity contribution in [3.8, 4) is 0 Å². The van der Waals surface area contributed by atoms with Crippen LogP contribution in [0.3, 0.4) is 0 Å². The highest BCUT2D eigenvalue weighted by molar-refractivity contribution is 5.90. The van der Waals surface area contributed by atoms with Gasteiger partial charge >= 0.3 is 11.9 Å². The lowest BCUT2D eigenvalue weighted by Gasteiger charge is -2.30. The molecule has 3 aromatic carbocycles. The van der Waals surface area contributed by atoms with Gasteiger partial charge in [0.2, 0.25) is 0 Å². The van der Waals surface area contributed by atoms with E-state index in [0.717, 1.165) is 49.0 Å². The van der Waals surface area contributed by atoms with Crippen molar-refractivity contribution in [1.29, 1.82) is 0 Å². The molecule has 1 radical (unpaired) electrons. The Morgan fingerprint density at radius 1 is 0.816 bits per heavy atom. The zero-order valence-electron chi connectivity index (χ0n) is 22.0. The highest BCUT2D eigenvalue weighted by Gasteiger charge is 2.25. The number of esters is 2. The molecule has 0 saturated carbocycles. The number of benzene rings is 3. The quantitative estimate of drug-likeness (QED) is 0.125. The van der Waals surface area contributed by atoms with Crippen LogP contribution in [-0.4, -0.2) is 25.2 Å². The largest absolute Gasteiger partial charge is 0.463 e. The second-order valence-corrected chi connectivity index (χ2v) is 9.64. The smallest absolute Gasteiger partial charge is 0.338 e. The average molecular weight is 514 g/mol. The van der Waals surface area contributed by atoms with Crippen molar-refractivity contribution in [2.45, 2.75) is 39.0 Å². The van der Waals surface area contributed by atoms with Crippen molar-refractivity contribution in [2.75, 3.05) is 24.7 Å². The minimum atomic E-state index is -0.399. The summed E-state index contributed by atoms with van der Waals surface area (Å²) in [6.45, 7) is 7.04. The number of hydrogen-bond donors (Lipinski definition) is 2. The number of unbranched alkanes of at least 4 members (excludes halogenated alkanes) is 1. The lowest BCUT2D eigenvalue weighted by Crippen LogP contribution is -2.23. The molecule has 0 unspecified atom stereocenters. The molecule has 0 aliphatic rings. The van der Waals surface area contributed by atoms with Gasteiger partial charge in [-0.1, -0.05) is 36.4 Å². The Labute approximate surface area is 225 Å². The number of nitrogens with two attached hydrogens (primary N) is 2. The molecule has 199 valence electrons. The number of ether oxygens (including phenoxy) is 2. The van der Waals surface area contributed by atoms with E-state index in [9.17, 15) is 9.59 Å². The van der Waals surface area contributed by atoms with Crippen LogP contribution in [0, 0.1) is 12.3 Å². The molecule has 0 fully saturated rings. The van der Waals surface area contributed by atoms with Crippen LogP contribution >= 0.6 is 0 Å². The van der Waals surface area contributed by atoms with Gasteiger partial charge in [0.15, 0.2) is 0 Å². The van der Waals surface area contributed by atoms with Gasteiger partial charge in [-0.25, -0.2) is 9.59 Å². The summed E-state index contributed by atoms with van der Waals surface area (Å²) in [6, 6.07) is 22.8. The van der Waals surface area contributed by atoms with E-state index in [2.05, 4.69) is 31.2 Å². The van der Waals surface area contributed by atoms with Crippen LogP contribution in [0.25, 0.3) is 6.08 Å². The van der Waals surface area contributed by atoms with Crippen molar-refractivity contribution >= 4 is 29.4 Å². The van der Waals surface area contributed by atoms with Crippen molar-refractivity contribution in [1.82, 2.24) is 0 Å². The number of carbonyl (C=O) groups excluding carboxylic acids is 2. The lowest BCUT2D eigenvalue weighted by atomic mass is 9.74.